The molecule has 0 saturated carbocycles. The van der Waals surface area contributed by atoms with E-state index >= 15 is 0 Å². The number of anilines is 1. The van der Waals surface area contributed by atoms with E-state index in [-0.39, 0.29) is 5.56 Å². The Labute approximate surface area is 113 Å². The number of carbonyl (C=O) groups is 1. The summed E-state index contributed by atoms with van der Waals surface area (Å²) in [4.78, 5) is 13.1. The van der Waals surface area contributed by atoms with Crippen molar-refractivity contribution in [2.75, 3.05) is 32.2 Å². The zero-order valence-electron chi connectivity index (χ0n) is 10.1. The van der Waals surface area contributed by atoms with Crippen LogP contribution < -0.4 is 4.90 Å². The van der Waals surface area contributed by atoms with Crippen molar-refractivity contribution < 1.29 is 19.4 Å². The summed E-state index contributed by atoms with van der Waals surface area (Å²) in [6.45, 7) is 1.03. The molecule has 0 atom stereocenters. The first-order valence-electron chi connectivity index (χ1n) is 5.39. The van der Waals surface area contributed by atoms with E-state index in [2.05, 4.69) is 15.9 Å². The molecule has 1 N–H and O–H groups in total. The van der Waals surface area contributed by atoms with Gasteiger partial charge in [0.05, 0.1) is 24.3 Å². The van der Waals surface area contributed by atoms with Gasteiger partial charge in [0.2, 0.25) is 5.79 Å². The third-order valence-electron chi connectivity index (χ3n) is 3.14. The molecule has 0 unspecified atom stereocenters. The van der Waals surface area contributed by atoms with E-state index in [1.807, 2.05) is 11.0 Å². The predicted octanol–water partition coefficient (Wildman–Crippen LogP) is 1.96. The molecule has 6 heteroatoms. The number of carboxylic acids is 1. The summed E-state index contributed by atoms with van der Waals surface area (Å²) < 4.78 is 11.3. The van der Waals surface area contributed by atoms with Gasteiger partial charge in [-0.1, -0.05) is 15.9 Å². The highest BCUT2D eigenvalue weighted by Gasteiger charge is 2.44. The molecule has 0 radical (unpaired) electrons. The van der Waals surface area contributed by atoms with E-state index < -0.39 is 11.8 Å². The van der Waals surface area contributed by atoms with E-state index in [9.17, 15) is 9.90 Å². The molecule has 0 amide bonds. The number of methoxy groups -OCH3 is 2. The quantitative estimate of drug-likeness (QED) is 0.861. The summed E-state index contributed by atoms with van der Waals surface area (Å²) in [6.07, 6.45) is 0. The minimum Gasteiger partial charge on any atom is -0.478 e. The Balaban J connectivity index is 2.24. The number of carboxylic acid groups (broad SMARTS) is 1. The molecular weight excluding hydrogens is 302 g/mol. The SMILES string of the molecule is COC1(OC)CN(c2ccc(Br)cc2C(=O)O)C1. The molecule has 1 heterocycles. The number of benzene rings is 1. The molecule has 1 saturated heterocycles. The topological polar surface area (TPSA) is 59.0 Å². The number of rotatable bonds is 4. The maximum absolute atomic E-state index is 11.2. The normalized spacial score (nSPS) is 17.4. The molecule has 1 aromatic rings. The first-order chi connectivity index (χ1) is 8.51. The number of hydrogen-bond acceptors (Lipinski definition) is 4. The lowest BCUT2D eigenvalue weighted by Gasteiger charge is -2.49. The highest BCUT2D eigenvalue weighted by molar-refractivity contribution is 9.10. The van der Waals surface area contributed by atoms with Crippen LogP contribution in [-0.2, 0) is 9.47 Å². The van der Waals surface area contributed by atoms with Gasteiger partial charge in [0.25, 0.3) is 0 Å². The lowest BCUT2D eigenvalue weighted by atomic mass is 10.0. The van der Waals surface area contributed by atoms with Crippen LogP contribution in [0.15, 0.2) is 22.7 Å². The third-order valence-corrected chi connectivity index (χ3v) is 3.63. The fraction of sp³-hybridized carbons (Fsp3) is 0.417. The van der Waals surface area contributed by atoms with Gasteiger partial charge in [0.1, 0.15) is 0 Å². The van der Waals surface area contributed by atoms with E-state index in [0.29, 0.717) is 18.8 Å². The summed E-state index contributed by atoms with van der Waals surface area (Å²) >= 11 is 3.27. The Morgan fingerprint density at radius 2 is 2.00 bits per heavy atom. The fourth-order valence-corrected chi connectivity index (χ4v) is 2.36. The van der Waals surface area contributed by atoms with Crippen LogP contribution in [0.5, 0.6) is 0 Å². The van der Waals surface area contributed by atoms with Crippen molar-refractivity contribution in [2.45, 2.75) is 5.79 Å². The molecule has 5 nitrogen and oxygen atoms in total. The van der Waals surface area contributed by atoms with E-state index in [0.717, 1.165) is 4.47 Å². The number of aromatic carboxylic acids is 1. The number of halogens is 1. The van der Waals surface area contributed by atoms with Crippen LogP contribution in [0, 0.1) is 0 Å². The molecule has 1 aliphatic rings. The van der Waals surface area contributed by atoms with Gasteiger partial charge in [0, 0.05) is 18.7 Å². The average molecular weight is 316 g/mol. The second-order valence-electron chi connectivity index (χ2n) is 4.14. The van der Waals surface area contributed by atoms with Gasteiger partial charge >= 0.3 is 5.97 Å². The molecule has 1 fully saturated rings. The van der Waals surface area contributed by atoms with Crippen molar-refractivity contribution in [1.29, 1.82) is 0 Å². The highest BCUT2D eigenvalue weighted by atomic mass is 79.9. The monoisotopic (exact) mass is 315 g/mol. The molecule has 1 aliphatic heterocycles. The maximum Gasteiger partial charge on any atom is 0.337 e. The van der Waals surface area contributed by atoms with Gasteiger partial charge in [-0.3, -0.25) is 0 Å². The van der Waals surface area contributed by atoms with Crippen molar-refractivity contribution in [2.24, 2.45) is 0 Å². The lowest BCUT2D eigenvalue weighted by molar-refractivity contribution is -0.219. The molecule has 0 aromatic heterocycles. The van der Waals surface area contributed by atoms with Crippen molar-refractivity contribution in [3.8, 4) is 0 Å². The first-order valence-corrected chi connectivity index (χ1v) is 6.19. The minimum absolute atomic E-state index is 0.269. The van der Waals surface area contributed by atoms with Crippen molar-refractivity contribution in [3.63, 3.8) is 0 Å². The Hall–Kier alpha value is -1.11. The Morgan fingerprint density at radius 1 is 1.39 bits per heavy atom. The van der Waals surface area contributed by atoms with E-state index in [4.69, 9.17) is 9.47 Å². The molecule has 0 bridgehead atoms. The molecule has 0 spiro atoms. The van der Waals surface area contributed by atoms with Crippen LogP contribution in [0.2, 0.25) is 0 Å². The molecule has 1 aromatic carbocycles. The van der Waals surface area contributed by atoms with Crippen molar-refractivity contribution >= 4 is 27.6 Å². The summed E-state index contributed by atoms with van der Waals surface area (Å²) in [5.41, 5.74) is 0.945. The first kappa shape index (κ1) is 13.3. The van der Waals surface area contributed by atoms with Crippen LogP contribution in [0.4, 0.5) is 5.69 Å². The van der Waals surface area contributed by atoms with Crippen molar-refractivity contribution in [3.05, 3.63) is 28.2 Å². The van der Waals surface area contributed by atoms with Crippen LogP contribution in [0.25, 0.3) is 0 Å². The summed E-state index contributed by atoms with van der Waals surface area (Å²) in [5, 5.41) is 9.19. The third kappa shape index (κ3) is 2.23. The standard InChI is InChI=1S/C12H14BrNO4/c1-17-12(18-2)6-14(7-12)10-4-3-8(13)5-9(10)11(15)16/h3-5H,6-7H2,1-2H3,(H,15,16). The average Bonchev–Trinajstić information content (AvgIpc) is 2.30. The maximum atomic E-state index is 11.2. The zero-order chi connectivity index (χ0) is 13.3. The molecule has 98 valence electrons. The van der Waals surface area contributed by atoms with Crippen LogP contribution in [-0.4, -0.2) is 44.2 Å². The lowest BCUT2D eigenvalue weighted by Crippen LogP contribution is -2.64. The molecule has 2 rings (SSSR count). The fourth-order valence-electron chi connectivity index (χ4n) is 2.00. The summed E-state index contributed by atoms with van der Waals surface area (Å²) in [6, 6.07) is 5.20. The van der Waals surface area contributed by atoms with Crippen LogP contribution >= 0.6 is 15.9 Å². The van der Waals surface area contributed by atoms with Crippen LogP contribution in [0.3, 0.4) is 0 Å². The van der Waals surface area contributed by atoms with Gasteiger partial charge in [-0.2, -0.15) is 0 Å². The number of ether oxygens (including phenoxy) is 2. The highest BCUT2D eigenvalue weighted by Crippen LogP contribution is 2.34. The molecule has 0 aliphatic carbocycles. The Bertz CT molecular complexity index is 465. The second-order valence-corrected chi connectivity index (χ2v) is 5.06. The summed E-state index contributed by atoms with van der Waals surface area (Å²) in [5.74, 6) is -1.57. The largest absolute Gasteiger partial charge is 0.478 e. The van der Waals surface area contributed by atoms with E-state index in [1.165, 1.54) is 0 Å². The van der Waals surface area contributed by atoms with Gasteiger partial charge in [0.15, 0.2) is 0 Å². The van der Waals surface area contributed by atoms with Gasteiger partial charge in [-0.25, -0.2) is 4.79 Å². The van der Waals surface area contributed by atoms with Gasteiger partial charge < -0.3 is 19.5 Å². The van der Waals surface area contributed by atoms with Gasteiger partial charge in [-0.05, 0) is 18.2 Å². The number of hydrogen-bond donors (Lipinski definition) is 1. The number of nitrogens with zero attached hydrogens (tertiary/aromatic N) is 1. The van der Waals surface area contributed by atoms with Crippen LogP contribution in [0.1, 0.15) is 10.4 Å². The zero-order valence-corrected chi connectivity index (χ0v) is 11.7. The molecular formula is C12H14BrNO4. The Kier molecular flexibility index (Phi) is 3.61. The Morgan fingerprint density at radius 3 is 2.50 bits per heavy atom. The second kappa shape index (κ2) is 4.87. The van der Waals surface area contributed by atoms with Crippen molar-refractivity contribution in [1.82, 2.24) is 0 Å². The minimum atomic E-state index is -0.946. The predicted molar refractivity (Wildman–Crippen MR) is 70.1 cm³/mol. The smallest absolute Gasteiger partial charge is 0.337 e. The summed E-state index contributed by atoms with van der Waals surface area (Å²) in [7, 11) is 3.17. The van der Waals surface area contributed by atoms with E-state index in [1.54, 1.807) is 26.4 Å². The molecule has 18 heavy (non-hydrogen) atoms. The van der Waals surface area contributed by atoms with Gasteiger partial charge in [-0.15, -0.1) is 0 Å².